The second-order valence-electron chi connectivity index (χ2n) is 4.57. The molecule has 0 heterocycles. The predicted octanol–water partition coefficient (Wildman–Crippen LogP) is 3.98. The van der Waals surface area contributed by atoms with E-state index in [4.69, 9.17) is 0 Å². The first-order valence-corrected chi connectivity index (χ1v) is 7.44. The van der Waals surface area contributed by atoms with Crippen molar-refractivity contribution in [3.8, 4) is 0 Å². The number of benzene rings is 2. The Hall–Kier alpha value is -2.37. The number of carbonyl (C=O) groups excluding carboxylic acids is 1. The van der Waals surface area contributed by atoms with Gasteiger partial charge in [-0.25, -0.2) is 0 Å². The maximum atomic E-state index is 12.6. The number of halogens is 4. The zero-order chi connectivity index (χ0) is 17.9. The molecule has 0 radical (unpaired) electrons. The molecule has 0 aliphatic rings. The summed E-state index contributed by atoms with van der Waals surface area (Å²) in [7, 11) is 0. The lowest BCUT2D eigenvalue weighted by atomic mass is 10.1. The predicted molar refractivity (Wildman–Crippen MR) is 88.3 cm³/mol. The number of nitro groups is 1. The SMILES string of the molecule is O=C(NNc1ccc(C(F)(F)F)cc1[N+](=O)[O-])c1ccc(I)cc1. The van der Waals surface area contributed by atoms with Crippen LogP contribution < -0.4 is 10.9 Å². The first-order chi connectivity index (χ1) is 11.2. The smallest absolute Gasteiger partial charge is 0.292 e. The number of amides is 1. The van der Waals surface area contributed by atoms with E-state index in [0.717, 1.165) is 9.64 Å². The molecule has 2 rings (SSSR count). The van der Waals surface area contributed by atoms with Crippen LogP contribution in [0.2, 0.25) is 0 Å². The standard InChI is InChI=1S/C14H9F3IN3O3/c15-14(16,17)9-3-6-11(12(7-9)21(23)24)19-20-13(22)8-1-4-10(18)5-2-8/h1-7,19H,(H,20,22). The van der Waals surface area contributed by atoms with Crippen LogP contribution in [0.5, 0.6) is 0 Å². The molecular formula is C14H9F3IN3O3. The fourth-order valence-electron chi connectivity index (χ4n) is 1.76. The summed E-state index contributed by atoms with van der Waals surface area (Å²) in [4.78, 5) is 21.9. The highest BCUT2D eigenvalue weighted by molar-refractivity contribution is 14.1. The highest BCUT2D eigenvalue weighted by Crippen LogP contribution is 2.34. The van der Waals surface area contributed by atoms with E-state index in [-0.39, 0.29) is 11.3 Å². The van der Waals surface area contributed by atoms with Gasteiger partial charge < -0.3 is 0 Å². The summed E-state index contributed by atoms with van der Waals surface area (Å²) in [5, 5.41) is 10.9. The van der Waals surface area contributed by atoms with Gasteiger partial charge in [0, 0.05) is 15.2 Å². The molecule has 2 aromatic carbocycles. The van der Waals surface area contributed by atoms with E-state index in [2.05, 4.69) is 33.4 Å². The lowest BCUT2D eigenvalue weighted by Gasteiger charge is -2.11. The Morgan fingerprint density at radius 1 is 1.12 bits per heavy atom. The monoisotopic (exact) mass is 451 g/mol. The first-order valence-electron chi connectivity index (χ1n) is 6.36. The van der Waals surface area contributed by atoms with Crippen molar-refractivity contribution in [2.45, 2.75) is 6.18 Å². The lowest BCUT2D eigenvalue weighted by Crippen LogP contribution is -2.29. The normalized spacial score (nSPS) is 11.0. The van der Waals surface area contributed by atoms with Gasteiger partial charge in [-0.2, -0.15) is 13.2 Å². The summed E-state index contributed by atoms with van der Waals surface area (Å²) >= 11 is 2.06. The molecule has 0 spiro atoms. The number of nitro benzene ring substituents is 1. The highest BCUT2D eigenvalue weighted by Gasteiger charge is 2.33. The molecule has 0 unspecified atom stereocenters. The molecule has 0 fully saturated rings. The summed E-state index contributed by atoms with van der Waals surface area (Å²) in [5.74, 6) is -0.583. The number of rotatable bonds is 4. The molecular weight excluding hydrogens is 442 g/mol. The Morgan fingerprint density at radius 2 is 1.75 bits per heavy atom. The molecule has 0 saturated heterocycles. The quantitative estimate of drug-likeness (QED) is 0.419. The van der Waals surface area contributed by atoms with E-state index in [9.17, 15) is 28.1 Å². The van der Waals surface area contributed by atoms with Crippen molar-refractivity contribution in [2.24, 2.45) is 0 Å². The Labute approximate surface area is 147 Å². The molecule has 6 nitrogen and oxygen atoms in total. The third-order valence-electron chi connectivity index (χ3n) is 2.94. The maximum Gasteiger partial charge on any atom is 0.416 e. The Balaban J connectivity index is 2.18. The van der Waals surface area contributed by atoms with E-state index in [1.807, 2.05) is 0 Å². The van der Waals surface area contributed by atoms with E-state index < -0.39 is 28.3 Å². The second-order valence-corrected chi connectivity index (χ2v) is 5.82. The van der Waals surface area contributed by atoms with Gasteiger partial charge in [0.05, 0.1) is 10.5 Å². The number of nitrogens with one attached hydrogen (secondary N) is 2. The van der Waals surface area contributed by atoms with Gasteiger partial charge in [0.2, 0.25) is 0 Å². The van der Waals surface area contributed by atoms with E-state index in [0.29, 0.717) is 12.1 Å². The molecule has 2 aromatic rings. The molecule has 0 bridgehead atoms. The number of hydrogen-bond acceptors (Lipinski definition) is 4. The largest absolute Gasteiger partial charge is 0.416 e. The van der Waals surface area contributed by atoms with Gasteiger partial charge >= 0.3 is 6.18 Å². The van der Waals surface area contributed by atoms with Crippen molar-refractivity contribution in [3.63, 3.8) is 0 Å². The maximum absolute atomic E-state index is 12.6. The number of nitrogens with zero attached hydrogens (tertiary/aromatic N) is 1. The van der Waals surface area contributed by atoms with Crippen LogP contribution >= 0.6 is 22.6 Å². The minimum atomic E-state index is -4.70. The second kappa shape index (κ2) is 7.03. The van der Waals surface area contributed by atoms with Crippen molar-refractivity contribution in [3.05, 3.63) is 67.3 Å². The summed E-state index contributed by atoms with van der Waals surface area (Å²) in [6, 6.07) is 8.44. The summed E-state index contributed by atoms with van der Waals surface area (Å²) in [5.41, 5.74) is 2.57. The molecule has 1 amide bonds. The van der Waals surface area contributed by atoms with Crippen LogP contribution in [-0.4, -0.2) is 10.8 Å². The minimum absolute atomic E-state index is 0.258. The number of carbonyl (C=O) groups is 1. The van der Waals surface area contributed by atoms with E-state index in [1.54, 1.807) is 24.3 Å². The van der Waals surface area contributed by atoms with Crippen molar-refractivity contribution >= 4 is 39.9 Å². The molecule has 10 heteroatoms. The average Bonchev–Trinajstić information content (AvgIpc) is 2.52. The number of hydrazine groups is 1. The Kier molecular flexibility index (Phi) is 5.26. The third kappa shape index (κ3) is 4.34. The third-order valence-corrected chi connectivity index (χ3v) is 3.66. The molecule has 0 atom stereocenters. The number of anilines is 1. The Bertz CT molecular complexity index is 779. The van der Waals surface area contributed by atoms with Crippen LogP contribution in [0.25, 0.3) is 0 Å². The Morgan fingerprint density at radius 3 is 2.29 bits per heavy atom. The van der Waals surface area contributed by atoms with Gasteiger partial charge in [-0.1, -0.05) is 0 Å². The molecule has 0 aliphatic carbocycles. The van der Waals surface area contributed by atoms with Crippen LogP contribution in [0.15, 0.2) is 42.5 Å². The van der Waals surface area contributed by atoms with Crippen molar-refractivity contribution in [1.29, 1.82) is 0 Å². The fraction of sp³-hybridized carbons (Fsp3) is 0.0714. The average molecular weight is 451 g/mol. The van der Waals surface area contributed by atoms with Crippen molar-refractivity contribution in [2.75, 3.05) is 5.43 Å². The van der Waals surface area contributed by atoms with Gasteiger partial charge in [-0.05, 0) is 59.0 Å². The van der Waals surface area contributed by atoms with Crippen LogP contribution in [-0.2, 0) is 6.18 Å². The summed E-state index contributed by atoms with van der Waals surface area (Å²) in [6.07, 6.45) is -4.70. The van der Waals surface area contributed by atoms with Gasteiger partial charge in [0.15, 0.2) is 0 Å². The zero-order valence-electron chi connectivity index (χ0n) is 11.7. The van der Waals surface area contributed by atoms with E-state index in [1.165, 1.54) is 0 Å². The molecule has 24 heavy (non-hydrogen) atoms. The first kappa shape index (κ1) is 18.0. The fourth-order valence-corrected chi connectivity index (χ4v) is 2.12. The molecule has 0 saturated carbocycles. The van der Waals surface area contributed by atoms with Crippen LogP contribution in [0.4, 0.5) is 24.5 Å². The molecule has 0 aliphatic heterocycles. The summed E-state index contributed by atoms with van der Waals surface area (Å²) in [6.45, 7) is 0. The van der Waals surface area contributed by atoms with Gasteiger partial charge in [0.1, 0.15) is 5.69 Å². The molecule has 126 valence electrons. The van der Waals surface area contributed by atoms with Crippen LogP contribution in [0, 0.1) is 13.7 Å². The number of hydrogen-bond donors (Lipinski definition) is 2. The highest BCUT2D eigenvalue weighted by atomic mass is 127. The van der Waals surface area contributed by atoms with Crippen molar-refractivity contribution in [1.82, 2.24) is 5.43 Å². The van der Waals surface area contributed by atoms with Gasteiger partial charge in [-0.3, -0.25) is 25.8 Å². The molecule has 0 aromatic heterocycles. The van der Waals surface area contributed by atoms with E-state index >= 15 is 0 Å². The van der Waals surface area contributed by atoms with Gasteiger partial charge in [0.25, 0.3) is 11.6 Å². The molecule has 2 N–H and O–H groups in total. The summed E-state index contributed by atoms with van der Waals surface area (Å²) < 4.78 is 38.8. The number of alkyl halides is 3. The van der Waals surface area contributed by atoms with Crippen LogP contribution in [0.1, 0.15) is 15.9 Å². The lowest BCUT2D eigenvalue weighted by molar-refractivity contribution is -0.384. The van der Waals surface area contributed by atoms with Gasteiger partial charge in [-0.15, -0.1) is 0 Å². The van der Waals surface area contributed by atoms with Crippen LogP contribution in [0.3, 0.4) is 0 Å². The van der Waals surface area contributed by atoms with Crippen molar-refractivity contribution < 1.29 is 22.9 Å². The topological polar surface area (TPSA) is 84.3 Å². The minimum Gasteiger partial charge on any atom is -0.292 e. The zero-order valence-corrected chi connectivity index (χ0v) is 13.9.